The van der Waals surface area contributed by atoms with E-state index >= 15 is 0 Å². The van der Waals surface area contributed by atoms with Crippen molar-refractivity contribution in [1.29, 1.82) is 0 Å². The third kappa shape index (κ3) is 7.54. The van der Waals surface area contributed by atoms with Gasteiger partial charge in [0.2, 0.25) is 0 Å². The maximum Gasteiger partial charge on any atom is 0.0204 e. The second kappa shape index (κ2) is 7.81. The molecule has 0 unspecified atom stereocenters. The number of nitrogens with one attached hydrogen (secondary N) is 1. The zero-order chi connectivity index (χ0) is 10.1. The molecule has 0 bridgehead atoms. The van der Waals surface area contributed by atoms with E-state index in [0.29, 0.717) is 6.04 Å². The van der Waals surface area contributed by atoms with Crippen molar-refractivity contribution in [3.8, 4) is 0 Å². The van der Waals surface area contributed by atoms with Gasteiger partial charge in [-0.2, -0.15) is 0 Å². The Labute approximate surface area is 82.2 Å². The van der Waals surface area contributed by atoms with Gasteiger partial charge in [-0.1, -0.05) is 44.2 Å². The normalized spacial score (nSPS) is 13.8. The lowest BCUT2D eigenvalue weighted by molar-refractivity contribution is 0.625. The standard InChI is InChI=1S/C12H21N/c1-5-7-8-9-12(6-2)10-13-11(3)4/h5-9,11,13H,10H2,1-4H3/b7-5-,9-8-,12-6+. The summed E-state index contributed by atoms with van der Waals surface area (Å²) in [5, 5.41) is 3.38. The van der Waals surface area contributed by atoms with E-state index in [1.165, 1.54) is 5.57 Å². The molecule has 0 aliphatic rings. The van der Waals surface area contributed by atoms with Crippen molar-refractivity contribution in [3.63, 3.8) is 0 Å². The molecule has 0 aliphatic heterocycles. The Morgan fingerprint density at radius 3 is 2.38 bits per heavy atom. The molecule has 1 N–H and O–H groups in total. The lowest BCUT2D eigenvalue weighted by atomic mass is 10.2. The molecule has 0 aromatic heterocycles. The first-order valence-corrected chi connectivity index (χ1v) is 4.88. The molecular formula is C12H21N. The minimum atomic E-state index is 0.546. The van der Waals surface area contributed by atoms with Crippen molar-refractivity contribution in [2.75, 3.05) is 6.54 Å². The maximum absolute atomic E-state index is 3.38. The predicted molar refractivity (Wildman–Crippen MR) is 60.8 cm³/mol. The first-order chi connectivity index (χ1) is 6.20. The number of hydrogen-bond donors (Lipinski definition) is 1. The number of hydrogen-bond acceptors (Lipinski definition) is 1. The molecule has 1 nitrogen and oxygen atoms in total. The quantitative estimate of drug-likeness (QED) is 0.640. The minimum absolute atomic E-state index is 0.546. The van der Waals surface area contributed by atoms with Gasteiger partial charge in [0.25, 0.3) is 0 Å². The average Bonchev–Trinajstić information content (AvgIpc) is 2.10. The van der Waals surface area contributed by atoms with Crippen molar-refractivity contribution in [1.82, 2.24) is 5.32 Å². The summed E-state index contributed by atoms with van der Waals surface area (Å²) in [5.41, 5.74) is 1.33. The fourth-order valence-electron chi connectivity index (χ4n) is 0.869. The molecule has 0 saturated carbocycles. The van der Waals surface area contributed by atoms with E-state index < -0.39 is 0 Å². The van der Waals surface area contributed by atoms with Crippen molar-refractivity contribution >= 4 is 0 Å². The Hall–Kier alpha value is -0.820. The molecule has 0 fully saturated rings. The van der Waals surface area contributed by atoms with Crippen LogP contribution in [0.25, 0.3) is 0 Å². The number of rotatable bonds is 5. The third-order valence-electron chi connectivity index (χ3n) is 1.70. The van der Waals surface area contributed by atoms with Gasteiger partial charge in [0.1, 0.15) is 0 Å². The minimum Gasteiger partial charge on any atom is -0.310 e. The van der Waals surface area contributed by atoms with Crippen molar-refractivity contribution < 1.29 is 0 Å². The van der Waals surface area contributed by atoms with E-state index in [1.54, 1.807) is 0 Å². The van der Waals surface area contributed by atoms with Gasteiger partial charge in [0.05, 0.1) is 0 Å². The maximum atomic E-state index is 3.38. The van der Waals surface area contributed by atoms with Gasteiger partial charge in [-0.05, 0) is 19.4 Å². The van der Waals surface area contributed by atoms with Crippen LogP contribution in [0.5, 0.6) is 0 Å². The van der Waals surface area contributed by atoms with Gasteiger partial charge < -0.3 is 5.32 Å². The first kappa shape index (κ1) is 12.2. The summed E-state index contributed by atoms with van der Waals surface area (Å²) in [5.74, 6) is 0. The van der Waals surface area contributed by atoms with Crippen LogP contribution in [0.3, 0.4) is 0 Å². The fourth-order valence-corrected chi connectivity index (χ4v) is 0.869. The molecular weight excluding hydrogens is 158 g/mol. The van der Waals surface area contributed by atoms with Crippen LogP contribution >= 0.6 is 0 Å². The highest BCUT2D eigenvalue weighted by molar-refractivity contribution is 5.22. The van der Waals surface area contributed by atoms with E-state index in [2.05, 4.69) is 44.3 Å². The summed E-state index contributed by atoms with van der Waals surface area (Å²) < 4.78 is 0. The summed E-state index contributed by atoms with van der Waals surface area (Å²) >= 11 is 0. The summed E-state index contributed by atoms with van der Waals surface area (Å²) in [6.45, 7) is 9.34. The van der Waals surface area contributed by atoms with E-state index in [-0.39, 0.29) is 0 Å². The van der Waals surface area contributed by atoms with Crippen molar-refractivity contribution in [2.45, 2.75) is 33.7 Å². The Morgan fingerprint density at radius 1 is 1.23 bits per heavy atom. The van der Waals surface area contributed by atoms with Crippen LogP contribution in [0.4, 0.5) is 0 Å². The van der Waals surface area contributed by atoms with Gasteiger partial charge >= 0.3 is 0 Å². The Bertz CT molecular complexity index is 197. The van der Waals surface area contributed by atoms with E-state index in [1.807, 2.05) is 19.1 Å². The highest BCUT2D eigenvalue weighted by atomic mass is 14.9. The van der Waals surface area contributed by atoms with Crippen LogP contribution in [0, 0.1) is 0 Å². The second-order valence-corrected chi connectivity index (χ2v) is 3.28. The van der Waals surface area contributed by atoms with Gasteiger partial charge in [0, 0.05) is 12.6 Å². The molecule has 0 atom stereocenters. The van der Waals surface area contributed by atoms with Crippen LogP contribution in [-0.4, -0.2) is 12.6 Å². The van der Waals surface area contributed by atoms with E-state index in [0.717, 1.165) is 6.54 Å². The highest BCUT2D eigenvalue weighted by Gasteiger charge is 1.92. The summed E-state index contributed by atoms with van der Waals surface area (Å²) in [6, 6.07) is 0.546. The van der Waals surface area contributed by atoms with Crippen LogP contribution in [0.1, 0.15) is 27.7 Å². The van der Waals surface area contributed by atoms with Crippen LogP contribution in [-0.2, 0) is 0 Å². The van der Waals surface area contributed by atoms with Gasteiger partial charge in [-0.3, -0.25) is 0 Å². The Kier molecular flexibility index (Phi) is 7.32. The van der Waals surface area contributed by atoms with Crippen LogP contribution < -0.4 is 5.32 Å². The predicted octanol–water partition coefficient (Wildman–Crippen LogP) is 3.06. The molecule has 0 rings (SSSR count). The average molecular weight is 179 g/mol. The Balaban J connectivity index is 3.91. The second-order valence-electron chi connectivity index (χ2n) is 3.28. The monoisotopic (exact) mass is 179 g/mol. The molecule has 1 heteroatoms. The van der Waals surface area contributed by atoms with E-state index in [9.17, 15) is 0 Å². The van der Waals surface area contributed by atoms with E-state index in [4.69, 9.17) is 0 Å². The van der Waals surface area contributed by atoms with Gasteiger partial charge in [-0.25, -0.2) is 0 Å². The summed E-state index contributed by atoms with van der Waals surface area (Å²) in [6.07, 6.45) is 10.4. The van der Waals surface area contributed by atoms with Crippen molar-refractivity contribution in [2.24, 2.45) is 0 Å². The molecule has 0 heterocycles. The van der Waals surface area contributed by atoms with Crippen LogP contribution in [0.2, 0.25) is 0 Å². The molecule has 74 valence electrons. The Morgan fingerprint density at radius 2 is 1.92 bits per heavy atom. The van der Waals surface area contributed by atoms with Gasteiger partial charge in [-0.15, -0.1) is 0 Å². The smallest absolute Gasteiger partial charge is 0.0204 e. The molecule has 0 aromatic rings. The zero-order valence-electron chi connectivity index (χ0n) is 9.17. The molecule has 0 saturated heterocycles. The SMILES string of the molecule is C\C=C/C=C\C(=C/C)CNC(C)C. The summed E-state index contributed by atoms with van der Waals surface area (Å²) in [7, 11) is 0. The van der Waals surface area contributed by atoms with Crippen molar-refractivity contribution in [3.05, 3.63) is 36.0 Å². The van der Waals surface area contributed by atoms with Gasteiger partial charge in [0.15, 0.2) is 0 Å². The lowest BCUT2D eigenvalue weighted by Crippen LogP contribution is -2.24. The molecule has 0 radical (unpaired) electrons. The molecule has 13 heavy (non-hydrogen) atoms. The fraction of sp³-hybridized carbons (Fsp3) is 0.500. The topological polar surface area (TPSA) is 12.0 Å². The zero-order valence-corrected chi connectivity index (χ0v) is 9.17. The summed E-state index contributed by atoms with van der Waals surface area (Å²) in [4.78, 5) is 0. The molecule has 0 aromatic carbocycles. The lowest BCUT2D eigenvalue weighted by Gasteiger charge is -2.07. The molecule has 0 aliphatic carbocycles. The molecule has 0 amide bonds. The molecule has 0 spiro atoms. The third-order valence-corrected chi connectivity index (χ3v) is 1.70. The number of allylic oxidation sites excluding steroid dienone is 4. The largest absolute Gasteiger partial charge is 0.310 e. The highest BCUT2D eigenvalue weighted by Crippen LogP contribution is 1.96. The van der Waals surface area contributed by atoms with Crippen LogP contribution in [0.15, 0.2) is 36.0 Å². The first-order valence-electron chi connectivity index (χ1n) is 4.88.